The predicted octanol–water partition coefficient (Wildman–Crippen LogP) is 0.502. The molecule has 0 rings (SSSR count). The van der Waals surface area contributed by atoms with E-state index in [9.17, 15) is 4.79 Å². The first kappa shape index (κ1) is 14.2. The zero-order valence-corrected chi connectivity index (χ0v) is 9.40. The Morgan fingerprint density at radius 3 is 2.47 bits per heavy atom. The number of hydrogen-bond acceptors (Lipinski definition) is 4. The molecule has 1 amide bonds. The first-order valence-corrected chi connectivity index (χ1v) is 5.33. The predicted molar refractivity (Wildman–Crippen MR) is 56.5 cm³/mol. The summed E-state index contributed by atoms with van der Waals surface area (Å²) in [6.45, 7) is 4.14. The summed E-state index contributed by atoms with van der Waals surface area (Å²) in [7, 11) is 0. The molecule has 0 aliphatic heterocycles. The van der Waals surface area contributed by atoms with Crippen LogP contribution in [0.1, 0.15) is 26.7 Å². The molecule has 0 aromatic carbocycles. The molecule has 0 fully saturated rings. The molecule has 0 aliphatic rings. The second-order valence-electron chi connectivity index (χ2n) is 3.50. The van der Waals surface area contributed by atoms with Gasteiger partial charge in [-0.1, -0.05) is 26.7 Å². The lowest BCUT2D eigenvalue weighted by Gasteiger charge is -2.14. The van der Waals surface area contributed by atoms with Gasteiger partial charge in [-0.15, -0.1) is 0 Å². The van der Waals surface area contributed by atoms with E-state index >= 15 is 0 Å². The fourth-order valence-electron chi connectivity index (χ4n) is 1.08. The molecule has 3 N–H and O–H groups in total. The SMILES string of the molecule is CCC(CC)CNC(=O)OCC(O)CO. The van der Waals surface area contributed by atoms with Gasteiger partial charge in [-0.2, -0.15) is 0 Å². The van der Waals surface area contributed by atoms with Crippen LogP contribution in [0.5, 0.6) is 0 Å². The van der Waals surface area contributed by atoms with E-state index in [1.807, 2.05) is 0 Å². The number of aliphatic hydroxyl groups excluding tert-OH is 2. The van der Waals surface area contributed by atoms with Crippen molar-refractivity contribution in [2.24, 2.45) is 5.92 Å². The molecule has 90 valence electrons. The summed E-state index contributed by atoms with van der Waals surface area (Å²) in [5, 5.41) is 20.0. The minimum absolute atomic E-state index is 0.175. The molecule has 1 atom stereocenters. The summed E-state index contributed by atoms with van der Waals surface area (Å²) in [5.41, 5.74) is 0. The minimum Gasteiger partial charge on any atom is -0.447 e. The molecule has 5 nitrogen and oxygen atoms in total. The van der Waals surface area contributed by atoms with E-state index < -0.39 is 18.8 Å². The lowest BCUT2D eigenvalue weighted by atomic mass is 10.0. The van der Waals surface area contributed by atoms with Crippen LogP contribution in [0.2, 0.25) is 0 Å². The molecule has 0 aliphatic carbocycles. The highest BCUT2D eigenvalue weighted by Gasteiger charge is 2.09. The molecule has 0 aromatic rings. The molecule has 15 heavy (non-hydrogen) atoms. The minimum atomic E-state index is -0.996. The van der Waals surface area contributed by atoms with Crippen LogP contribution >= 0.6 is 0 Å². The van der Waals surface area contributed by atoms with Gasteiger partial charge in [0.1, 0.15) is 12.7 Å². The summed E-state index contributed by atoms with van der Waals surface area (Å²) in [6.07, 6.45) is 0.477. The smallest absolute Gasteiger partial charge is 0.407 e. The number of rotatable bonds is 7. The largest absolute Gasteiger partial charge is 0.447 e. The van der Waals surface area contributed by atoms with Crippen LogP contribution < -0.4 is 5.32 Å². The lowest BCUT2D eigenvalue weighted by Crippen LogP contribution is -2.32. The van der Waals surface area contributed by atoms with Crippen molar-refractivity contribution in [3.05, 3.63) is 0 Å². The fourth-order valence-corrected chi connectivity index (χ4v) is 1.08. The summed E-state index contributed by atoms with van der Waals surface area (Å²) in [5.74, 6) is 0.459. The van der Waals surface area contributed by atoms with Crippen molar-refractivity contribution in [2.45, 2.75) is 32.8 Å². The van der Waals surface area contributed by atoms with E-state index in [0.717, 1.165) is 12.8 Å². The van der Waals surface area contributed by atoms with Gasteiger partial charge < -0.3 is 20.3 Å². The fraction of sp³-hybridized carbons (Fsp3) is 0.900. The Morgan fingerprint density at radius 1 is 1.40 bits per heavy atom. The Kier molecular flexibility index (Phi) is 8.04. The van der Waals surface area contributed by atoms with E-state index in [2.05, 4.69) is 23.9 Å². The quantitative estimate of drug-likeness (QED) is 0.582. The van der Waals surface area contributed by atoms with Gasteiger partial charge in [0.25, 0.3) is 0 Å². The van der Waals surface area contributed by atoms with Gasteiger partial charge in [0.2, 0.25) is 0 Å². The highest BCUT2D eigenvalue weighted by molar-refractivity contribution is 5.67. The Morgan fingerprint density at radius 2 is 2.00 bits per heavy atom. The van der Waals surface area contributed by atoms with Crippen molar-refractivity contribution in [1.82, 2.24) is 5.32 Å². The molecular formula is C10H21NO4. The maximum atomic E-state index is 11.1. The normalized spacial score (nSPS) is 12.6. The molecular weight excluding hydrogens is 198 g/mol. The number of carbonyl (C=O) groups is 1. The number of alkyl carbamates (subject to hydrolysis) is 1. The van der Waals surface area contributed by atoms with Gasteiger partial charge in [-0.25, -0.2) is 4.79 Å². The van der Waals surface area contributed by atoms with Gasteiger partial charge >= 0.3 is 6.09 Å². The van der Waals surface area contributed by atoms with Crippen molar-refractivity contribution < 1.29 is 19.7 Å². The third-order valence-corrected chi connectivity index (χ3v) is 2.31. The molecule has 5 heteroatoms. The van der Waals surface area contributed by atoms with E-state index in [4.69, 9.17) is 10.2 Å². The van der Waals surface area contributed by atoms with Crippen molar-refractivity contribution >= 4 is 6.09 Å². The second-order valence-corrected chi connectivity index (χ2v) is 3.50. The monoisotopic (exact) mass is 219 g/mol. The van der Waals surface area contributed by atoms with Crippen LogP contribution in [0.15, 0.2) is 0 Å². The Hall–Kier alpha value is -0.810. The van der Waals surface area contributed by atoms with Crippen LogP contribution in [-0.4, -0.2) is 42.2 Å². The maximum Gasteiger partial charge on any atom is 0.407 e. The van der Waals surface area contributed by atoms with Crippen molar-refractivity contribution in [2.75, 3.05) is 19.8 Å². The first-order chi connectivity index (χ1) is 7.13. The van der Waals surface area contributed by atoms with E-state index in [1.165, 1.54) is 0 Å². The third-order valence-electron chi connectivity index (χ3n) is 2.31. The third kappa shape index (κ3) is 7.16. The van der Waals surface area contributed by atoms with Crippen LogP contribution in [0.25, 0.3) is 0 Å². The van der Waals surface area contributed by atoms with E-state index in [-0.39, 0.29) is 6.61 Å². The Labute approximate surface area is 90.4 Å². The van der Waals surface area contributed by atoms with Gasteiger partial charge in [-0.3, -0.25) is 0 Å². The summed E-state index contributed by atoms with van der Waals surface area (Å²) >= 11 is 0. The number of nitrogens with one attached hydrogen (secondary N) is 1. The molecule has 0 radical (unpaired) electrons. The number of amides is 1. The van der Waals surface area contributed by atoms with E-state index in [0.29, 0.717) is 12.5 Å². The standard InChI is InChI=1S/C10H21NO4/c1-3-8(4-2)5-11-10(14)15-7-9(13)6-12/h8-9,12-13H,3-7H2,1-2H3,(H,11,14). The van der Waals surface area contributed by atoms with Crippen LogP contribution in [0, 0.1) is 5.92 Å². The van der Waals surface area contributed by atoms with Crippen LogP contribution in [0.3, 0.4) is 0 Å². The summed E-state index contributed by atoms with van der Waals surface area (Å²) in [4.78, 5) is 11.1. The van der Waals surface area contributed by atoms with Crippen molar-refractivity contribution in [3.63, 3.8) is 0 Å². The van der Waals surface area contributed by atoms with Crippen molar-refractivity contribution in [3.8, 4) is 0 Å². The second kappa shape index (κ2) is 8.49. The topological polar surface area (TPSA) is 78.8 Å². The van der Waals surface area contributed by atoms with Gasteiger partial charge in [0, 0.05) is 6.54 Å². The molecule has 0 spiro atoms. The maximum absolute atomic E-state index is 11.1. The zero-order valence-electron chi connectivity index (χ0n) is 9.40. The number of ether oxygens (including phenoxy) is 1. The molecule has 0 bridgehead atoms. The van der Waals surface area contributed by atoms with Crippen molar-refractivity contribution in [1.29, 1.82) is 0 Å². The first-order valence-electron chi connectivity index (χ1n) is 5.33. The molecule has 0 saturated carbocycles. The van der Waals surface area contributed by atoms with E-state index in [1.54, 1.807) is 0 Å². The van der Waals surface area contributed by atoms with Gasteiger partial charge in [0.05, 0.1) is 6.61 Å². The summed E-state index contributed by atoms with van der Waals surface area (Å²) in [6, 6.07) is 0. The molecule has 0 heterocycles. The highest BCUT2D eigenvalue weighted by atomic mass is 16.6. The average Bonchev–Trinajstić information content (AvgIpc) is 2.27. The number of aliphatic hydroxyl groups is 2. The van der Waals surface area contributed by atoms with Crippen LogP contribution in [0.4, 0.5) is 4.79 Å². The molecule has 0 aromatic heterocycles. The van der Waals surface area contributed by atoms with Gasteiger partial charge in [0.15, 0.2) is 0 Å². The zero-order chi connectivity index (χ0) is 11.7. The average molecular weight is 219 g/mol. The molecule has 0 saturated heterocycles. The number of hydrogen-bond donors (Lipinski definition) is 3. The Bertz CT molecular complexity index is 171. The molecule has 1 unspecified atom stereocenters. The van der Waals surface area contributed by atoms with Gasteiger partial charge in [-0.05, 0) is 5.92 Å². The highest BCUT2D eigenvalue weighted by Crippen LogP contribution is 2.04. The van der Waals surface area contributed by atoms with Crippen LogP contribution in [-0.2, 0) is 4.74 Å². The lowest BCUT2D eigenvalue weighted by molar-refractivity contribution is 0.0318. The Balaban J connectivity index is 3.56. The summed E-state index contributed by atoms with van der Waals surface area (Å²) < 4.78 is 4.67. The number of carbonyl (C=O) groups excluding carboxylic acids is 1.